The van der Waals surface area contributed by atoms with Crippen LogP contribution in [0.2, 0.25) is 10.0 Å². The molecule has 2 aromatic carbocycles. The summed E-state index contributed by atoms with van der Waals surface area (Å²) in [6.07, 6.45) is 0.761. The van der Waals surface area contributed by atoms with E-state index in [1.807, 2.05) is 24.3 Å². The van der Waals surface area contributed by atoms with Crippen LogP contribution in [0.3, 0.4) is 0 Å². The maximum Gasteiger partial charge on any atom is 0.232 e. The fourth-order valence-corrected chi connectivity index (χ4v) is 3.12. The average molecular weight is 321 g/mol. The number of anilines is 2. The van der Waals surface area contributed by atoms with Crippen molar-refractivity contribution in [2.75, 3.05) is 17.2 Å². The Labute approximate surface area is 133 Å². The number of rotatable bonds is 2. The van der Waals surface area contributed by atoms with Gasteiger partial charge >= 0.3 is 0 Å². The van der Waals surface area contributed by atoms with E-state index < -0.39 is 0 Å². The molecule has 3 rings (SSSR count). The van der Waals surface area contributed by atoms with E-state index in [0.717, 1.165) is 24.2 Å². The third kappa shape index (κ3) is 3.14. The molecule has 0 aromatic heterocycles. The Balaban J connectivity index is 1.83. The van der Waals surface area contributed by atoms with Crippen molar-refractivity contribution in [3.05, 3.63) is 58.1 Å². The minimum atomic E-state index is -0.166. The van der Waals surface area contributed by atoms with Crippen LogP contribution in [0.1, 0.15) is 17.9 Å². The minimum Gasteiger partial charge on any atom is -0.385 e. The Kier molecular flexibility index (Phi) is 4.04. The van der Waals surface area contributed by atoms with Crippen LogP contribution in [0.4, 0.5) is 11.4 Å². The van der Waals surface area contributed by atoms with Gasteiger partial charge in [0.15, 0.2) is 0 Å². The molecule has 1 unspecified atom stereocenters. The highest BCUT2D eigenvalue weighted by Crippen LogP contribution is 2.32. The summed E-state index contributed by atoms with van der Waals surface area (Å²) in [5, 5.41) is 7.21. The third-order valence-electron chi connectivity index (χ3n) is 3.53. The summed E-state index contributed by atoms with van der Waals surface area (Å²) >= 11 is 11.9. The number of fused-ring (bicyclic) bond motifs is 1. The van der Waals surface area contributed by atoms with Crippen molar-refractivity contribution < 1.29 is 4.79 Å². The molecule has 5 heteroatoms. The minimum absolute atomic E-state index is 0.0396. The van der Waals surface area contributed by atoms with Gasteiger partial charge in [0.05, 0.1) is 5.92 Å². The maximum absolute atomic E-state index is 12.5. The van der Waals surface area contributed by atoms with Gasteiger partial charge in [-0.05, 0) is 36.2 Å². The van der Waals surface area contributed by atoms with E-state index in [2.05, 4.69) is 10.6 Å². The molecule has 0 radical (unpaired) electrons. The van der Waals surface area contributed by atoms with Gasteiger partial charge in [-0.2, -0.15) is 0 Å². The lowest BCUT2D eigenvalue weighted by molar-refractivity contribution is -0.117. The van der Waals surface area contributed by atoms with Crippen LogP contribution in [0, 0.1) is 0 Å². The molecule has 21 heavy (non-hydrogen) atoms. The number of carbonyl (C=O) groups excluding carboxylic acids is 1. The van der Waals surface area contributed by atoms with Gasteiger partial charge in [-0.25, -0.2) is 0 Å². The smallest absolute Gasteiger partial charge is 0.232 e. The third-order valence-corrected chi connectivity index (χ3v) is 3.97. The van der Waals surface area contributed by atoms with E-state index >= 15 is 0 Å². The number of amides is 1. The zero-order valence-corrected chi connectivity index (χ0v) is 12.7. The van der Waals surface area contributed by atoms with Crippen molar-refractivity contribution in [3.8, 4) is 0 Å². The van der Waals surface area contributed by atoms with Crippen molar-refractivity contribution in [1.29, 1.82) is 0 Å². The number of hydrogen-bond acceptors (Lipinski definition) is 2. The quantitative estimate of drug-likeness (QED) is 0.853. The molecule has 2 aromatic rings. The Bertz CT molecular complexity index is 667. The van der Waals surface area contributed by atoms with Crippen LogP contribution in [0.25, 0.3) is 0 Å². The lowest BCUT2D eigenvalue weighted by Gasteiger charge is -2.25. The van der Waals surface area contributed by atoms with Crippen molar-refractivity contribution >= 4 is 40.5 Å². The molecule has 0 aliphatic carbocycles. The highest BCUT2D eigenvalue weighted by molar-refractivity contribution is 6.35. The number of para-hydroxylation sites is 1. The lowest BCUT2D eigenvalue weighted by Crippen LogP contribution is -2.27. The summed E-state index contributed by atoms with van der Waals surface area (Å²) in [6, 6.07) is 12.9. The number of benzene rings is 2. The molecule has 1 aliphatic rings. The van der Waals surface area contributed by atoms with E-state index in [4.69, 9.17) is 23.2 Å². The van der Waals surface area contributed by atoms with Crippen molar-refractivity contribution in [1.82, 2.24) is 0 Å². The first-order chi connectivity index (χ1) is 10.1. The van der Waals surface area contributed by atoms with Gasteiger partial charge in [-0.15, -0.1) is 0 Å². The molecule has 0 bridgehead atoms. The molecule has 1 atom stereocenters. The zero-order chi connectivity index (χ0) is 14.8. The molecule has 1 amide bonds. The summed E-state index contributed by atoms with van der Waals surface area (Å²) < 4.78 is 0. The van der Waals surface area contributed by atoms with Crippen LogP contribution >= 0.6 is 23.2 Å². The van der Waals surface area contributed by atoms with Gasteiger partial charge in [0, 0.05) is 28.0 Å². The molecule has 0 saturated heterocycles. The molecule has 1 heterocycles. The normalized spacial score (nSPS) is 16.8. The highest BCUT2D eigenvalue weighted by Gasteiger charge is 2.26. The summed E-state index contributed by atoms with van der Waals surface area (Å²) in [7, 11) is 0. The summed E-state index contributed by atoms with van der Waals surface area (Å²) in [4.78, 5) is 12.5. The van der Waals surface area contributed by atoms with Crippen LogP contribution in [-0.2, 0) is 4.79 Å². The Morgan fingerprint density at radius 2 is 1.86 bits per heavy atom. The number of nitrogens with one attached hydrogen (secondary N) is 2. The van der Waals surface area contributed by atoms with Crippen LogP contribution in [0.15, 0.2) is 42.5 Å². The van der Waals surface area contributed by atoms with Gasteiger partial charge in [-0.1, -0.05) is 41.4 Å². The number of hydrogen-bond donors (Lipinski definition) is 2. The zero-order valence-electron chi connectivity index (χ0n) is 11.2. The fourth-order valence-electron chi connectivity index (χ4n) is 2.60. The van der Waals surface area contributed by atoms with E-state index in [1.54, 1.807) is 18.2 Å². The fraction of sp³-hybridized carbons (Fsp3) is 0.188. The van der Waals surface area contributed by atoms with Crippen molar-refractivity contribution in [2.24, 2.45) is 0 Å². The predicted molar refractivity (Wildman–Crippen MR) is 87.4 cm³/mol. The van der Waals surface area contributed by atoms with E-state index in [0.29, 0.717) is 15.7 Å². The first-order valence-corrected chi connectivity index (χ1v) is 7.49. The molecular formula is C16H14Cl2N2O. The molecule has 2 N–H and O–H groups in total. The molecule has 0 saturated carbocycles. The Morgan fingerprint density at radius 3 is 2.62 bits per heavy atom. The molecular weight excluding hydrogens is 307 g/mol. The van der Waals surface area contributed by atoms with E-state index in [9.17, 15) is 4.79 Å². The van der Waals surface area contributed by atoms with Gasteiger partial charge in [0.1, 0.15) is 0 Å². The predicted octanol–water partition coefficient (Wildman–Crippen LogP) is 4.53. The number of halogens is 2. The molecule has 0 spiro atoms. The first-order valence-electron chi connectivity index (χ1n) is 6.73. The van der Waals surface area contributed by atoms with Crippen molar-refractivity contribution in [2.45, 2.75) is 12.3 Å². The SMILES string of the molecule is O=C(Nc1cc(Cl)cc(Cl)c1)C1CCNc2ccccc21. The van der Waals surface area contributed by atoms with E-state index in [-0.39, 0.29) is 11.8 Å². The summed E-state index contributed by atoms with van der Waals surface area (Å²) in [5.41, 5.74) is 2.66. The van der Waals surface area contributed by atoms with Gasteiger partial charge in [0.25, 0.3) is 0 Å². The first kappa shape index (κ1) is 14.2. The van der Waals surface area contributed by atoms with Crippen molar-refractivity contribution in [3.63, 3.8) is 0 Å². The van der Waals surface area contributed by atoms with Crippen LogP contribution in [0.5, 0.6) is 0 Å². The van der Waals surface area contributed by atoms with Crippen LogP contribution in [-0.4, -0.2) is 12.5 Å². The second kappa shape index (κ2) is 5.96. The highest BCUT2D eigenvalue weighted by atomic mass is 35.5. The molecule has 108 valence electrons. The monoisotopic (exact) mass is 320 g/mol. The maximum atomic E-state index is 12.5. The van der Waals surface area contributed by atoms with Gasteiger partial charge in [0.2, 0.25) is 5.91 Å². The van der Waals surface area contributed by atoms with Crippen LogP contribution < -0.4 is 10.6 Å². The second-order valence-corrected chi connectivity index (χ2v) is 5.88. The van der Waals surface area contributed by atoms with Gasteiger partial charge in [-0.3, -0.25) is 4.79 Å². The van der Waals surface area contributed by atoms with Gasteiger partial charge < -0.3 is 10.6 Å². The molecule has 0 fully saturated rings. The Morgan fingerprint density at radius 1 is 1.14 bits per heavy atom. The molecule has 1 aliphatic heterocycles. The summed E-state index contributed by atoms with van der Waals surface area (Å²) in [5.74, 6) is -0.206. The Hall–Kier alpha value is -1.71. The second-order valence-electron chi connectivity index (χ2n) is 5.00. The lowest BCUT2D eigenvalue weighted by atomic mass is 9.90. The molecule has 3 nitrogen and oxygen atoms in total. The average Bonchev–Trinajstić information content (AvgIpc) is 2.45. The standard InChI is InChI=1S/C16H14Cl2N2O/c17-10-7-11(18)9-12(8-10)20-16(21)14-5-6-19-15-4-2-1-3-13(14)15/h1-4,7-9,14,19H,5-6H2,(H,20,21). The largest absolute Gasteiger partial charge is 0.385 e. The van der Waals surface area contributed by atoms with E-state index in [1.165, 1.54) is 0 Å². The number of carbonyl (C=O) groups is 1. The summed E-state index contributed by atoms with van der Waals surface area (Å²) in [6.45, 7) is 0.783. The topological polar surface area (TPSA) is 41.1 Å².